The normalized spacial score (nSPS) is 10.7. The van der Waals surface area contributed by atoms with E-state index in [2.05, 4.69) is 31.2 Å². The quantitative estimate of drug-likeness (QED) is 0.723. The Morgan fingerprint density at radius 2 is 2.22 bits per heavy atom. The molecule has 0 bridgehead atoms. The Bertz CT molecular complexity index is 643. The maximum atomic E-state index is 4.26. The zero-order chi connectivity index (χ0) is 12.4. The fourth-order valence-corrected chi connectivity index (χ4v) is 2.64. The summed E-state index contributed by atoms with van der Waals surface area (Å²) >= 11 is 1.71. The van der Waals surface area contributed by atoms with Gasteiger partial charge >= 0.3 is 0 Å². The highest BCUT2D eigenvalue weighted by Gasteiger charge is 2.09. The molecule has 0 N–H and O–H groups in total. The molecule has 5 heteroatoms. The number of nitrogens with zero attached hydrogens (tertiary/aromatic N) is 4. The molecular formula is C13H12N4S. The van der Waals surface area contributed by atoms with Crippen molar-refractivity contribution >= 4 is 11.3 Å². The van der Waals surface area contributed by atoms with E-state index >= 15 is 0 Å². The van der Waals surface area contributed by atoms with E-state index in [-0.39, 0.29) is 0 Å². The fourth-order valence-electron chi connectivity index (χ4n) is 1.87. The molecule has 90 valence electrons. The van der Waals surface area contributed by atoms with Gasteiger partial charge in [-0.2, -0.15) is 10.2 Å². The van der Waals surface area contributed by atoms with Crippen LogP contribution in [0.2, 0.25) is 0 Å². The zero-order valence-electron chi connectivity index (χ0n) is 9.95. The molecular weight excluding hydrogens is 244 g/mol. The molecule has 0 aliphatic heterocycles. The molecule has 0 amide bonds. The van der Waals surface area contributed by atoms with Gasteiger partial charge in [0.2, 0.25) is 0 Å². The standard InChI is InChI=1S/C13H12N4S/c1-10-14-6-7-17(10)9-12-11(4-5-15-16-12)13-3-2-8-18-13/h2-8H,9H2,1H3. The monoisotopic (exact) mass is 256 g/mol. The highest BCUT2D eigenvalue weighted by molar-refractivity contribution is 7.13. The zero-order valence-corrected chi connectivity index (χ0v) is 10.8. The van der Waals surface area contributed by atoms with E-state index in [0.717, 1.165) is 17.1 Å². The van der Waals surface area contributed by atoms with Crippen molar-refractivity contribution in [2.24, 2.45) is 0 Å². The second-order valence-electron chi connectivity index (χ2n) is 3.97. The van der Waals surface area contributed by atoms with Crippen LogP contribution in [0.3, 0.4) is 0 Å². The number of thiophene rings is 1. The van der Waals surface area contributed by atoms with Crippen LogP contribution >= 0.6 is 11.3 Å². The molecule has 0 atom stereocenters. The van der Waals surface area contributed by atoms with Crippen LogP contribution in [0.5, 0.6) is 0 Å². The molecule has 0 saturated carbocycles. The molecule has 18 heavy (non-hydrogen) atoms. The van der Waals surface area contributed by atoms with Crippen LogP contribution in [0.15, 0.2) is 42.2 Å². The van der Waals surface area contributed by atoms with Crippen LogP contribution in [-0.4, -0.2) is 19.7 Å². The molecule has 0 fully saturated rings. The average molecular weight is 256 g/mol. The van der Waals surface area contributed by atoms with Gasteiger partial charge in [-0.05, 0) is 24.4 Å². The van der Waals surface area contributed by atoms with Crippen molar-refractivity contribution in [3.05, 3.63) is 53.7 Å². The third kappa shape index (κ3) is 2.04. The summed E-state index contributed by atoms with van der Waals surface area (Å²) in [5.74, 6) is 0.984. The van der Waals surface area contributed by atoms with E-state index < -0.39 is 0 Å². The molecule has 3 rings (SSSR count). The number of hydrogen-bond acceptors (Lipinski definition) is 4. The Hall–Kier alpha value is -2.01. The van der Waals surface area contributed by atoms with Crippen molar-refractivity contribution in [3.8, 4) is 10.4 Å². The van der Waals surface area contributed by atoms with Crippen molar-refractivity contribution in [1.82, 2.24) is 19.7 Å². The summed E-state index contributed by atoms with van der Waals surface area (Å²) in [5.41, 5.74) is 2.12. The van der Waals surface area contributed by atoms with Crippen molar-refractivity contribution in [2.45, 2.75) is 13.5 Å². The third-order valence-corrected chi connectivity index (χ3v) is 3.73. The topological polar surface area (TPSA) is 43.6 Å². The van der Waals surface area contributed by atoms with Crippen molar-refractivity contribution < 1.29 is 0 Å². The Kier molecular flexibility index (Phi) is 2.90. The van der Waals surface area contributed by atoms with E-state index in [1.54, 1.807) is 23.7 Å². The summed E-state index contributed by atoms with van der Waals surface area (Å²) in [7, 11) is 0. The number of imidazole rings is 1. The van der Waals surface area contributed by atoms with Gasteiger partial charge in [-0.1, -0.05) is 6.07 Å². The smallest absolute Gasteiger partial charge is 0.105 e. The van der Waals surface area contributed by atoms with Crippen molar-refractivity contribution in [3.63, 3.8) is 0 Å². The Morgan fingerprint density at radius 1 is 1.28 bits per heavy atom. The van der Waals surface area contributed by atoms with Crippen molar-refractivity contribution in [1.29, 1.82) is 0 Å². The van der Waals surface area contributed by atoms with Gasteiger partial charge in [0.1, 0.15) is 5.82 Å². The van der Waals surface area contributed by atoms with E-state index in [9.17, 15) is 0 Å². The molecule has 0 radical (unpaired) electrons. The molecule has 0 aliphatic carbocycles. The second kappa shape index (κ2) is 4.70. The minimum Gasteiger partial charge on any atom is -0.329 e. The number of rotatable bonds is 3. The summed E-state index contributed by atoms with van der Waals surface area (Å²) in [4.78, 5) is 5.44. The van der Waals surface area contributed by atoms with E-state index in [1.807, 2.05) is 25.3 Å². The first kappa shape index (κ1) is 11.1. The largest absolute Gasteiger partial charge is 0.329 e. The lowest BCUT2D eigenvalue weighted by Gasteiger charge is -2.07. The minimum atomic E-state index is 0.701. The van der Waals surface area contributed by atoms with Gasteiger partial charge < -0.3 is 4.57 Å². The Morgan fingerprint density at radius 3 is 2.94 bits per heavy atom. The van der Waals surface area contributed by atoms with Crippen LogP contribution in [0, 0.1) is 6.92 Å². The van der Waals surface area contributed by atoms with Gasteiger partial charge in [0.25, 0.3) is 0 Å². The first-order chi connectivity index (χ1) is 8.84. The minimum absolute atomic E-state index is 0.701. The molecule has 0 aromatic carbocycles. The van der Waals surface area contributed by atoms with Gasteiger partial charge in [0, 0.05) is 22.8 Å². The number of aromatic nitrogens is 4. The summed E-state index contributed by atoms with van der Waals surface area (Å²) in [6.45, 7) is 2.69. The van der Waals surface area contributed by atoms with Crippen LogP contribution in [0.4, 0.5) is 0 Å². The summed E-state index contributed by atoms with van der Waals surface area (Å²) in [5, 5.41) is 10.3. The average Bonchev–Trinajstić information content (AvgIpc) is 3.03. The van der Waals surface area contributed by atoms with Crippen LogP contribution in [0.25, 0.3) is 10.4 Å². The predicted octanol–water partition coefficient (Wildman–Crippen LogP) is 2.76. The lowest BCUT2D eigenvalue weighted by molar-refractivity contribution is 0.728. The van der Waals surface area contributed by atoms with Gasteiger partial charge in [0.05, 0.1) is 18.4 Å². The summed E-state index contributed by atoms with van der Waals surface area (Å²) < 4.78 is 2.07. The second-order valence-corrected chi connectivity index (χ2v) is 4.92. The van der Waals surface area contributed by atoms with Crippen LogP contribution in [0.1, 0.15) is 11.5 Å². The highest BCUT2D eigenvalue weighted by Crippen LogP contribution is 2.26. The van der Waals surface area contributed by atoms with Crippen molar-refractivity contribution in [2.75, 3.05) is 0 Å². The fraction of sp³-hybridized carbons (Fsp3) is 0.154. The maximum Gasteiger partial charge on any atom is 0.105 e. The SMILES string of the molecule is Cc1nccn1Cc1nnccc1-c1cccs1. The van der Waals surface area contributed by atoms with Gasteiger partial charge in [0.15, 0.2) is 0 Å². The maximum absolute atomic E-state index is 4.26. The number of aryl methyl sites for hydroxylation is 1. The van der Waals surface area contributed by atoms with E-state index in [4.69, 9.17) is 0 Å². The number of hydrogen-bond donors (Lipinski definition) is 0. The van der Waals surface area contributed by atoms with E-state index in [0.29, 0.717) is 6.54 Å². The third-order valence-electron chi connectivity index (χ3n) is 2.83. The van der Waals surface area contributed by atoms with Crippen LogP contribution in [-0.2, 0) is 6.54 Å². The van der Waals surface area contributed by atoms with Gasteiger partial charge in [-0.3, -0.25) is 0 Å². The summed E-state index contributed by atoms with van der Waals surface area (Å²) in [6, 6.07) is 6.17. The molecule has 4 nitrogen and oxygen atoms in total. The highest BCUT2D eigenvalue weighted by atomic mass is 32.1. The Labute approximate surface area is 109 Å². The molecule has 3 aromatic rings. The van der Waals surface area contributed by atoms with Crippen LogP contribution < -0.4 is 0 Å². The molecule has 0 aliphatic rings. The van der Waals surface area contributed by atoms with Gasteiger partial charge in [-0.25, -0.2) is 4.98 Å². The molecule has 0 spiro atoms. The molecule has 3 heterocycles. The predicted molar refractivity (Wildman–Crippen MR) is 71.4 cm³/mol. The Balaban J connectivity index is 2.00. The first-order valence-electron chi connectivity index (χ1n) is 5.67. The van der Waals surface area contributed by atoms with Gasteiger partial charge in [-0.15, -0.1) is 11.3 Å². The first-order valence-corrected chi connectivity index (χ1v) is 6.55. The summed E-state index contributed by atoms with van der Waals surface area (Å²) in [6.07, 6.45) is 5.50. The lowest BCUT2D eigenvalue weighted by atomic mass is 10.2. The van der Waals surface area contributed by atoms with E-state index in [1.165, 1.54) is 4.88 Å². The lowest BCUT2D eigenvalue weighted by Crippen LogP contribution is -2.05. The molecule has 0 saturated heterocycles. The molecule has 0 unspecified atom stereocenters. The molecule has 3 aromatic heterocycles.